The molecule has 0 aromatic carbocycles. The van der Waals surface area contributed by atoms with Crippen molar-refractivity contribution in [3.05, 3.63) is 54.1 Å². The van der Waals surface area contributed by atoms with Gasteiger partial charge in [0.1, 0.15) is 0 Å². The zero-order chi connectivity index (χ0) is 12.1. The summed E-state index contributed by atoms with van der Waals surface area (Å²) in [5.74, 6) is 0. The predicted octanol–water partition coefficient (Wildman–Crippen LogP) is 1.57. The van der Waals surface area contributed by atoms with E-state index in [0.717, 1.165) is 17.9 Å². The maximum absolute atomic E-state index is 5.68. The largest absolute Gasteiger partial charge is 0.369 e. The van der Waals surface area contributed by atoms with E-state index in [1.807, 2.05) is 31.3 Å². The molecule has 0 atom stereocenters. The highest BCUT2D eigenvalue weighted by Gasteiger charge is 2.07. The highest BCUT2D eigenvalue weighted by molar-refractivity contribution is 5.50. The van der Waals surface area contributed by atoms with Gasteiger partial charge >= 0.3 is 0 Å². The molecular weight excluding hydrogens is 212 g/mol. The van der Waals surface area contributed by atoms with Gasteiger partial charge < -0.3 is 10.6 Å². The summed E-state index contributed by atoms with van der Waals surface area (Å²) in [4.78, 5) is 10.4. The first-order valence-corrected chi connectivity index (χ1v) is 5.55. The lowest BCUT2D eigenvalue weighted by Gasteiger charge is -2.21. The van der Waals surface area contributed by atoms with Crippen LogP contribution in [0.1, 0.15) is 11.3 Å². The second-order valence-electron chi connectivity index (χ2n) is 3.88. The molecule has 0 fully saturated rings. The third-order valence-corrected chi connectivity index (χ3v) is 2.64. The molecule has 0 aliphatic heterocycles. The van der Waals surface area contributed by atoms with Crippen LogP contribution in [0.25, 0.3) is 0 Å². The maximum Gasteiger partial charge on any atom is 0.0772 e. The Balaban J connectivity index is 2.17. The van der Waals surface area contributed by atoms with Crippen molar-refractivity contribution in [3.63, 3.8) is 0 Å². The third-order valence-electron chi connectivity index (χ3n) is 2.64. The van der Waals surface area contributed by atoms with Crippen molar-refractivity contribution < 1.29 is 0 Å². The molecule has 0 amide bonds. The number of aromatic nitrogens is 2. The van der Waals surface area contributed by atoms with Gasteiger partial charge in [-0.1, -0.05) is 0 Å². The van der Waals surface area contributed by atoms with Crippen LogP contribution in [0.4, 0.5) is 5.69 Å². The molecule has 88 valence electrons. The van der Waals surface area contributed by atoms with Crippen molar-refractivity contribution in [2.75, 3.05) is 11.9 Å². The van der Waals surface area contributed by atoms with Crippen molar-refractivity contribution in [2.45, 2.75) is 13.1 Å². The standard InChI is InChI=1S/C13H16N4/c1-17(10-11-4-7-15-8-5-11)13-3-2-6-16-12(13)9-14/h2-8H,9-10,14H2,1H3. The van der Waals surface area contributed by atoms with Gasteiger partial charge in [0.2, 0.25) is 0 Å². The van der Waals surface area contributed by atoms with Gasteiger partial charge in [-0.05, 0) is 29.8 Å². The van der Waals surface area contributed by atoms with Crippen LogP contribution < -0.4 is 10.6 Å². The van der Waals surface area contributed by atoms with Crippen molar-refractivity contribution in [3.8, 4) is 0 Å². The van der Waals surface area contributed by atoms with E-state index in [2.05, 4.69) is 14.9 Å². The van der Waals surface area contributed by atoms with Crippen LogP contribution in [-0.4, -0.2) is 17.0 Å². The molecule has 0 aliphatic carbocycles. The Hall–Kier alpha value is -1.94. The first-order chi connectivity index (χ1) is 8.31. The number of nitrogens with zero attached hydrogens (tertiary/aromatic N) is 3. The van der Waals surface area contributed by atoms with Gasteiger partial charge in [0.25, 0.3) is 0 Å². The maximum atomic E-state index is 5.68. The minimum Gasteiger partial charge on any atom is -0.369 e. The highest BCUT2D eigenvalue weighted by Crippen LogP contribution is 2.18. The molecular formula is C13H16N4. The van der Waals surface area contributed by atoms with E-state index in [1.54, 1.807) is 18.6 Å². The van der Waals surface area contributed by atoms with Gasteiger partial charge in [-0.15, -0.1) is 0 Å². The monoisotopic (exact) mass is 228 g/mol. The first kappa shape index (κ1) is 11.5. The summed E-state index contributed by atoms with van der Waals surface area (Å²) in [6, 6.07) is 7.98. The molecule has 0 spiro atoms. The van der Waals surface area contributed by atoms with Crippen molar-refractivity contribution in [1.82, 2.24) is 9.97 Å². The zero-order valence-corrected chi connectivity index (χ0v) is 9.87. The topological polar surface area (TPSA) is 55.0 Å². The Morgan fingerprint density at radius 2 is 1.94 bits per heavy atom. The molecule has 2 aromatic rings. The molecule has 0 aliphatic rings. The van der Waals surface area contributed by atoms with E-state index in [9.17, 15) is 0 Å². The lowest BCUT2D eigenvalue weighted by atomic mass is 10.2. The SMILES string of the molecule is CN(Cc1ccncc1)c1cccnc1CN. The van der Waals surface area contributed by atoms with E-state index in [-0.39, 0.29) is 0 Å². The number of nitrogens with two attached hydrogens (primary N) is 1. The normalized spacial score (nSPS) is 10.2. The van der Waals surface area contributed by atoms with Gasteiger partial charge in [0.05, 0.1) is 11.4 Å². The molecule has 4 nitrogen and oxygen atoms in total. The minimum atomic E-state index is 0.455. The van der Waals surface area contributed by atoms with E-state index in [4.69, 9.17) is 5.73 Å². The average Bonchev–Trinajstić information content (AvgIpc) is 2.40. The van der Waals surface area contributed by atoms with Crippen LogP contribution in [0.5, 0.6) is 0 Å². The van der Waals surface area contributed by atoms with Crippen LogP contribution in [0, 0.1) is 0 Å². The number of pyridine rings is 2. The fourth-order valence-electron chi connectivity index (χ4n) is 1.78. The number of hydrogen-bond acceptors (Lipinski definition) is 4. The van der Waals surface area contributed by atoms with Crippen LogP contribution in [-0.2, 0) is 13.1 Å². The molecule has 0 saturated heterocycles. The Labute approximate surface area is 101 Å². The Bertz CT molecular complexity index is 470. The Kier molecular flexibility index (Phi) is 3.67. The molecule has 0 unspecified atom stereocenters. The summed E-state index contributed by atoms with van der Waals surface area (Å²) in [6.07, 6.45) is 5.37. The van der Waals surface area contributed by atoms with Gasteiger partial charge in [-0.3, -0.25) is 9.97 Å². The molecule has 4 heteroatoms. The van der Waals surface area contributed by atoms with Crippen LogP contribution in [0.2, 0.25) is 0 Å². The van der Waals surface area contributed by atoms with Gasteiger partial charge in [0, 0.05) is 38.7 Å². The molecule has 0 radical (unpaired) electrons. The smallest absolute Gasteiger partial charge is 0.0772 e. The number of anilines is 1. The van der Waals surface area contributed by atoms with Gasteiger partial charge in [-0.2, -0.15) is 0 Å². The molecule has 2 heterocycles. The fourth-order valence-corrected chi connectivity index (χ4v) is 1.78. The molecule has 0 bridgehead atoms. The molecule has 2 rings (SSSR count). The summed E-state index contributed by atoms with van der Waals surface area (Å²) in [5.41, 5.74) is 8.90. The van der Waals surface area contributed by atoms with Gasteiger partial charge in [-0.25, -0.2) is 0 Å². The number of rotatable bonds is 4. The minimum absolute atomic E-state index is 0.455. The van der Waals surface area contributed by atoms with E-state index >= 15 is 0 Å². The van der Waals surface area contributed by atoms with Crippen molar-refractivity contribution in [1.29, 1.82) is 0 Å². The summed E-state index contributed by atoms with van der Waals surface area (Å²) >= 11 is 0. The molecule has 2 N–H and O–H groups in total. The fraction of sp³-hybridized carbons (Fsp3) is 0.231. The van der Waals surface area contributed by atoms with Crippen LogP contribution in [0.15, 0.2) is 42.9 Å². The molecule has 17 heavy (non-hydrogen) atoms. The van der Waals surface area contributed by atoms with Crippen LogP contribution >= 0.6 is 0 Å². The van der Waals surface area contributed by atoms with E-state index in [1.165, 1.54) is 5.56 Å². The lowest BCUT2D eigenvalue weighted by molar-refractivity contribution is 0.882. The average molecular weight is 228 g/mol. The van der Waals surface area contributed by atoms with Gasteiger partial charge in [0.15, 0.2) is 0 Å². The highest BCUT2D eigenvalue weighted by atomic mass is 15.1. The summed E-state index contributed by atoms with van der Waals surface area (Å²) in [6.45, 7) is 1.28. The molecule has 2 aromatic heterocycles. The van der Waals surface area contributed by atoms with Crippen LogP contribution in [0.3, 0.4) is 0 Å². The summed E-state index contributed by atoms with van der Waals surface area (Å²) in [5, 5.41) is 0. The third kappa shape index (κ3) is 2.79. The second-order valence-corrected chi connectivity index (χ2v) is 3.88. The number of hydrogen-bond donors (Lipinski definition) is 1. The summed E-state index contributed by atoms with van der Waals surface area (Å²) in [7, 11) is 2.04. The van der Waals surface area contributed by atoms with E-state index < -0.39 is 0 Å². The predicted molar refractivity (Wildman–Crippen MR) is 68.5 cm³/mol. The Morgan fingerprint density at radius 1 is 1.18 bits per heavy atom. The second kappa shape index (κ2) is 5.41. The zero-order valence-electron chi connectivity index (χ0n) is 9.87. The lowest BCUT2D eigenvalue weighted by Crippen LogP contribution is -2.19. The van der Waals surface area contributed by atoms with Crippen molar-refractivity contribution in [2.24, 2.45) is 5.73 Å². The first-order valence-electron chi connectivity index (χ1n) is 5.55. The van der Waals surface area contributed by atoms with E-state index in [0.29, 0.717) is 6.54 Å². The van der Waals surface area contributed by atoms with Crippen molar-refractivity contribution >= 4 is 5.69 Å². The Morgan fingerprint density at radius 3 is 2.65 bits per heavy atom. The summed E-state index contributed by atoms with van der Waals surface area (Å²) < 4.78 is 0. The molecule has 0 saturated carbocycles. The quantitative estimate of drug-likeness (QED) is 0.863.